The number of esters is 1. The molecule has 0 N–H and O–H groups in total. The number of carbonyl (C=O) groups is 2. The van der Waals surface area contributed by atoms with Crippen molar-refractivity contribution in [2.45, 2.75) is 6.54 Å². The molecule has 138 valence electrons. The number of likely N-dealkylation sites (N-methyl/N-ethyl adjacent to an activating group) is 1. The molecule has 0 aliphatic rings. The van der Waals surface area contributed by atoms with Gasteiger partial charge in [0.1, 0.15) is 5.82 Å². The third-order valence-electron chi connectivity index (χ3n) is 3.73. The Morgan fingerprint density at radius 2 is 1.81 bits per heavy atom. The summed E-state index contributed by atoms with van der Waals surface area (Å²) in [4.78, 5) is 25.1. The lowest BCUT2D eigenvalue weighted by atomic mass is 10.2. The van der Waals surface area contributed by atoms with E-state index in [1.165, 1.54) is 43.4 Å². The minimum Gasteiger partial charge on any atom is -0.493 e. The Labute approximate surface area is 151 Å². The van der Waals surface area contributed by atoms with Gasteiger partial charge in [0, 0.05) is 19.2 Å². The van der Waals surface area contributed by atoms with Crippen LogP contribution in [0.1, 0.15) is 15.9 Å². The molecule has 0 aliphatic carbocycles. The maximum absolute atomic E-state index is 13.7. The van der Waals surface area contributed by atoms with Gasteiger partial charge in [-0.25, -0.2) is 9.18 Å². The number of carbonyl (C=O) groups excluding carboxylic acids is 2. The quantitative estimate of drug-likeness (QED) is 0.710. The average Bonchev–Trinajstić information content (AvgIpc) is 2.66. The van der Waals surface area contributed by atoms with E-state index in [1.54, 1.807) is 25.2 Å². The summed E-state index contributed by atoms with van der Waals surface area (Å²) in [5.41, 5.74) is 0.725. The van der Waals surface area contributed by atoms with Gasteiger partial charge < -0.3 is 19.1 Å². The topological polar surface area (TPSA) is 65.1 Å². The van der Waals surface area contributed by atoms with Crippen LogP contribution in [0.3, 0.4) is 0 Å². The SMILES string of the molecule is COC(=O)c1ccc(OCC(=O)N(C)Cc2ccccc2F)c(OC)c1. The number of methoxy groups -OCH3 is 2. The van der Waals surface area contributed by atoms with Crippen LogP contribution < -0.4 is 9.47 Å². The zero-order chi connectivity index (χ0) is 19.1. The summed E-state index contributed by atoms with van der Waals surface area (Å²) in [6.07, 6.45) is 0. The summed E-state index contributed by atoms with van der Waals surface area (Å²) in [7, 11) is 4.27. The maximum Gasteiger partial charge on any atom is 0.337 e. The molecule has 6 nitrogen and oxygen atoms in total. The number of hydrogen-bond acceptors (Lipinski definition) is 5. The third kappa shape index (κ3) is 4.72. The van der Waals surface area contributed by atoms with E-state index in [0.717, 1.165) is 0 Å². The number of nitrogens with zero attached hydrogens (tertiary/aromatic N) is 1. The molecule has 0 aliphatic heterocycles. The van der Waals surface area contributed by atoms with E-state index < -0.39 is 5.97 Å². The summed E-state index contributed by atoms with van der Waals surface area (Å²) < 4.78 is 29.0. The Kier molecular flexibility index (Phi) is 6.54. The summed E-state index contributed by atoms with van der Waals surface area (Å²) in [6, 6.07) is 10.8. The first-order chi connectivity index (χ1) is 12.5. The van der Waals surface area contributed by atoms with Crippen molar-refractivity contribution in [1.29, 1.82) is 0 Å². The molecule has 2 aromatic carbocycles. The van der Waals surface area contributed by atoms with Gasteiger partial charge in [-0.3, -0.25) is 4.79 Å². The van der Waals surface area contributed by atoms with Crippen LogP contribution in [0.4, 0.5) is 4.39 Å². The fourth-order valence-corrected chi connectivity index (χ4v) is 2.25. The second kappa shape index (κ2) is 8.84. The summed E-state index contributed by atoms with van der Waals surface area (Å²) >= 11 is 0. The van der Waals surface area contributed by atoms with Crippen molar-refractivity contribution in [2.24, 2.45) is 0 Å². The lowest BCUT2D eigenvalue weighted by molar-refractivity contribution is -0.132. The highest BCUT2D eigenvalue weighted by Gasteiger charge is 2.15. The van der Waals surface area contributed by atoms with Crippen LogP contribution in [0, 0.1) is 5.82 Å². The van der Waals surface area contributed by atoms with Gasteiger partial charge in [0.15, 0.2) is 18.1 Å². The van der Waals surface area contributed by atoms with Gasteiger partial charge in [0.05, 0.1) is 19.8 Å². The maximum atomic E-state index is 13.7. The Morgan fingerprint density at radius 3 is 2.46 bits per heavy atom. The Hall–Kier alpha value is -3.09. The van der Waals surface area contributed by atoms with Crippen LogP contribution in [-0.2, 0) is 16.1 Å². The van der Waals surface area contributed by atoms with Crippen molar-refractivity contribution in [2.75, 3.05) is 27.9 Å². The fraction of sp³-hybridized carbons (Fsp3) is 0.263. The lowest BCUT2D eigenvalue weighted by Gasteiger charge is -2.18. The molecule has 0 fully saturated rings. The Morgan fingerprint density at radius 1 is 1.08 bits per heavy atom. The molecule has 2 rings (SSSR count). The molecule has 0 radical (unpaired) electrons. The predicted octanol–water partition coefficient (Wildman–Crippen LogP) is 2.66. The first kappa shape index (κ1) is 19.2. The van der Waals surface area contributed by atoms with Crippen LogP contribution in [-0.4, -0.2) is 44.7 Å². The van der Waals surface area contributed by atoms with Crippen molar-refractivity contribution in [3.63, 3.8) is 0 Å². The smallest absolute Gasteiger partial charge is 0.337 e. The summed E-state index contributed by atoms with van der Waals surface area (Å²) in [5, 5.41) is 0. The molecular formula is C19H20FNO5. The van der Waals surface area contributed by atoms with E-state index >= 15 is 0 Å². The van der Waals surface area contributed by atoms with E-state index in [4.69, 9.17) is 9.47 Å². The molecular weight excluding hydrogens is 341 g/mol. The van der Waals surface area contributed by atoms with Crippen LogP contribution in [0.15, 0.2) is 42.5 Å². The number of hydrogen-bond donors (Lipinski definition) is 0. The Bertz CT molecular complexity index is 793. The van der Waals surface area contributed by atoms with E-state index in [2.05, 4.69) is 4.74 Å². The summed E-state index contributed by atoms with van der Waals surface area (Å²) in [5.74, 6) is -0.582. The van der Waals surface area contributed by atoms with Crippen molar-refractivity contribution < 1.29 is 28.2 Å². The second-order valence-electron chi connectivity index (χ2n) is 5.49. The lowest BCUT2D eigenvalue weighted by Crippen LogP contribution is -2.31. The van der Waals surface area contributed by atoms with E-state index in [1.807, 2.05) is 0 Å². The minimum absolute atomic E-state index is 0.132. The standard InChI is InChI=1S/C19H20FNO5/c1-21(11-14-6-4-5-7-15(14)20)18(22)12-26-16-9-8-13(19(23)25-3)10-17(16)24-2/h4-10H,11-12H2,1-3H3. The number of halogens is 1. The van der Waals surface area contributed by atoms with Crippen molar-refractivity contribution in [1.82, 2.24) is 4.90 Å². The van der Waals surface area contributed by atoms with Crippen molar-refractivity contribution in [3.05, 3.63) is 59.4 Å². The van der Waals surface area contributed by atoms with Gasteiger partial charge in [-0.2, -0.15) is 0 Å². The molecule has 7 heteroatoms. The first-order valence-corrected chi connectivity index (χ1v) is 7.82. The highest BCUT2D eigenvalue weighted by atomic mass is 19.1. The molecule has 0 unspecified atom stereocenters. The first-order valence-electron chi connectivity index (χ1n) is 7.82. The Balaban J connectivity index is 2.00. The molecule has 0 saturated carbocycles. The minimum atomic E-state index is -0.504. The third-order valence-corrected chi connectivity index (χ3v) is 3.73. The van der Waals surface area contributed by atoms with Gasteiger partial charge in [-0.15, -0.1) is 0 Å². The molecule has 1 amide bonds. The summed E-state index contributed by atoms with van der Waals surface area (Å²) in [6.45, 7) is -0.119. The van der Waals surface area contributed by atoms with Crippen LogP contribution in [0.5, 0.6) is 11.5 Å². The monoisotopic (exact) mass is 361 g/mol. The van der Waals surface area contributed by atoms with E-state index in [0.29, 0.717) is 22.6 Å². The molecule has 0 saturated heterocycles. The predicted molar refractivity (Wildman–Crippen MR) is 92.7 cm³/mol. The molecule has 2 aromatic rings. The largest absolute Gasteiger partial charge is 0.493 e. The highest BCUT2D eigenvalue weighted by Crippen LogP contribution is 2.28. The molecule has 0 spiro atoms. The number of amides is 1. The average molecular weight is 361 g/mol. The highest BCUT2D eigenvalue weighted by molar-refractivity contribution is 5.90. The van der Waals surface area contributed by atoms with Gasteiger partial charge in [0.2, 0.25) is 0 Å². The number of ether oxygens (including phenoxy) is 3. The van der Waals surface area contributed by atoms with Crippen LogP contribution in [0.2, 0.25) is 0 Å². The van der Waals surface area contributed by atoms with E-state index in [-0.39, 0.29) is 24.9 Å². The fourth-order valence-electron chi connectivity index (χ4n) is 2.25. The zero-order valence-electron chi connectivity index (χ0n) is 14.8. The van der Waals surface area contributed by atoms with Crippen LogP contribution >= 0.6 is 0 Å². The molecule has 0 heterocycles. The normalized spacial score (nSPS) is 10.2. The molecule has 0 aromatic heterocycles. The van der Waals surface area contributed by atoms with Gasteiger partial charge in [0.25, 0.3) is 5.91 Å². The zero-order valence-corrected chi connectivity index (χ0v) is 14.8. The number of rotatable bonds is 7. The van der Waals surface area contributed by atoms with Gasteiger partial charge >= 0.3 is 5.97 Å². The molecule has 26 heavy (non-hydrogen) atoms. The van der Waals surface area contributed by atoms with Crippen molar-refractivity contribution in [3.8, 4) is 11.5 Å². The van der Waals surface area contributed by atoms with Gasteiger partial charge in [-0.1, -0.05) is 18.2 Å². The van der Waals surface area contributed by atoms with Gasteiger partial charge in [-0.05, 0) is 24.3 Å². The molecule has 0 atom stereocenters. The second-order valence-corrected chi connectivity index (χ2v) is 5.49. The van der Waals surface area contributed by atoms with E-state index in [9.17, 15) is 14.0 Å². The molecule has 0 bridgehead atoms. The number of benzene rings is 2. The van der Waals surface area contributed by atoms with Crippen LogP contribution in [0.25, 0.3) is 0 Å². The van der Waals surface area contributed by atoms with Crippen molar-refractivity contribution >= 4 is 11.9 Å².